The van der Waals surface area contributed by atoms with Gasteiger partial charge in [0, 0.05) is 31.4 Å². The summed E-state index contributed by atoms with van der Waals surface area (Å²) in [4.78, 5) is 31.2. The molecule has 1 N–H and O–H groups in total. The summed E-state index contributed by atoms with van der Waals surface area (Å²) in [5, 5.41) is 3.20. The van der Waals surface area contributed by atoms with Crippen molar-refractivity contribution in [3.05, 3.63) is 30.3 Å². The molecular formula is C20H28N4O2. The fraction of sp³-hybridized carbons (Fsp3) is 0.600. The van der Waals surface area contributed by atoms with E-state index in [1.807, 2.05) is 47.2 Å². The normalized spacial score (nSPS) is 27.5. The Kier molecular flexibility index (Phi) is 4.61. The zero-order valence-corrected chi connectivity index (χ0v) is 15.5. The molecule has 0 bridgehead atoms. The molecule has 140 valence electrons. The lowest BCUT2D eigenvalue weighted by Gasteiger charge is -2.46. The highest BCUT2D eigenvalue weighted by Crippen LogP contribution is 2.33. The van der Waals surface area contributed by atoms with Crippen LogP contribution in [0.4, 0.5) is 10.5 Å². The minimum atomic E-state index is -0.156. The van der Waals surface area contributed by atoms with Crippen LogP contribution in [0, 0.1) is 0 Å². The third-order valence-electron chi connectivity index (χ3n) is 6.31. The zero-order chi connectivity index (χ0) is 18.1. The van der Waals surface area contributed by atoms with E-state index in [1.54, 1.807) is 0 Å². The van der Waals surface area contributed by atoms with Crippen LogP contribution in [0.2, 0.25) is 0 Å². The number of nitrogens with zero attached hydrogens (tertiary/aromatic N) is 3. The van der Waals surface area contributed by atoms with Crippen molar-refractivity contribution in [2.75, 3.05) is 38.1 Å². The Bertz CT molecular complexity index is 674. The number of hydrogen-bond donors (Lipinski definition) is 1. The maximum absolute atomic E-state index is 12.7. The number of amides is 3. The molecule has 0 aromatic heterocycles. The molecule has 1 unspecified atom stereocenters. The largest absolute Gasteiger partial charge is 0.335 e. The van der Waals surface area contributed by atoms with Gasteiger partial charge >= 0.3 is 6.03 Å². The zero-order valence-electron chi connectivity index (χ0n) is 15.5. The number of likely N-dealkylation sites (tertiary alicyclic amines) is 1. The van der Waals surface area contributed by atoms with Gasteiger partial charge in [0.25, 0.3) is 0 Å². The van der Waals surface area contributed by atoms with E-state index in [1.165, 1.54) is 12.8 Å². The number of benzene rings is 1. The second kappa shape index (κ2) is 6.91. The van der Waals surface area contributed by atoms with Gasteiger partial charge in [-0.15, -0.1) is 0 Å². The third kappa shape index (κ3) is 3.18. The molecule has 2 aliphatic heterocycles. The van der Waals surface area contributed by atoms with E-state index in [9.17, 15) is 9.59 Å². The van der Waals surface area contributed by atoms with Crippen molar-refractivity contribution in [1.29, 1.82) is 0 Å². The van der Waals surface area contributed by atoms with Gasteiger partial charge in [-0.25, -0.2) is 4.79 Å². The fourth-order valence-corrected chi connectivity index (χ4v) is 4.61. The number of nitrogens with one attached hydrogen (secondary N) is 1. The number of likely N-dealkylation sites (N-methyl/N-ethyl adjacent to an activating group) is 1. The van der Waals surface area contributed by atoms with Crippen molar-refractivity contribution in [2.24, 2.45) is 0 Å². The Morgan fingerprint density at radius 3 is 2.62 bits per heavy atom. The number of urea groups is 1. The molecule has 26 heavy (non-hydrogen) atoms. The summed E-state index contributed by atoms with van der Waals surface area (Å²) < 4.78 is 0. The van der Waals surface area contributed by atoms with Crippen LogP contribution >= 0.6 is 0 Å². The Hall–Kier alpha value is -2.08. The van der Waals surface area contributed by atoms with Gasteiger partial charge in [-0.1, -0.05) is 31.0 Å². The summed E-state index contributed by atoms with van der Waals surface area (Å²) in [7, 11) is 2.01. The van der Waals surface area contributed by atoms with Crippen LogP contribution in [0.15, 0.2) is 30.3 Å². The minimum absolute atomic E-state index is 0.0605. The molecule has 3 fully saturated rings. The van der Waals surface area contributed by atoms with E-state index < -0.39 is 0 Å². The highest BCUT2D eigenvalue weighted by atomic mass is 16.2. The van der Waals surface area contributed by atoms with E-state index in [0.29, 0.717) is 25.7 Å². The number of carbonyl (C=O) groups excluding carboxylic acids is 2. The molecule has 1 spiro atoms. The quantitative estimate of drug-likeness (QED) is 0.883. The summed E-state index contributed by atoms with van der Waals surface area (Å²) in [6, 6.07) is 10.3. The van der Waals surface area contributed by atoms with Crippen LogP contribution < -0.4 is 10.2 Å². The van der Waals surface area contributed by atoms with Gasteiger partial charge in [-0.05, 0) is 38.4 Å². The topological polar surface area (TPSA) is 55.9 Å². The molecule has 0 radical (unpaired) electrons. The standard InChI is InChI=1S/C20H28N4O2/c1-22-13-18(25)24(17-9-3-2-4-10-17)15-20(22)11-12-23(14-20)19(26)21-16-7-5-6-8-16/h2-4,9-10,16H,5-8,11-15H2,1H3,(H,21,26). The lowest BCUT2D eigenvalue weighted by molar-refractivity contribution is -0.123. The van der Waals surface area contributed by atoms with Gasteiger partial charge in [0.05, 0.1) is 12.1 Å². The molecule has 1 aromatic carbocycles. The predicted molar refractivity (Wildman–Crippen MR) is 101 cm³/mol. The lowest BCUT2D eigenvalue weighted by Crippen LogP contribution is -2.64. The molecule has 1 saturated carbocycles. The van der Waals surface area contributed by atoms with Gasteiger partial charge in [-0.3, -0.25) is 9.69 Å². The fourth-order valence-electron chi connectivity index (χ4n) is 4.61. The first-order chi connectivity index (χ1) is 12.6. The molecule has 6 nitrogen and oxygen atoms in total. The van der Waals surface area contributed by atoms with Crippen molar-refractivity contribution < 1.29 is 9.59 Å². The van der Waals surface area contributed by atoms with Gasteiger partial charge in [-0.2, -0.15) is 0 Å². The maximum Gasteiger partial charge on any atom is 0.317 e. The van der Waals surface area contributed by atoms with Crippen molar-refractivity contribution in [3.63, 3.8) is 0 Å². The van der Waals surface area contributed by atoms with Crippen molar-refractivity contribution in [2.45, 2.75) is 43.7 Å². The van der Waals surface area contributed by atoms with Gasteiger partial charge < -0.3 is 15.1 Å². The van der Waals surface area contributed by atoms with Crippen LogP contribution in [0.3, 0.4) is 0 Å². The smallest absolute Gasteiger partial charge is 0.317 e. The number of para-hydroxylation sites is 1. The van der Waals surface area contributed by atoms with E-state index in [0.717, 1.165) is 31.5 Å². The van der Waals surface area contributed by atoms with Crippen LogP contribution in [0.25, 0.3) is 0 Å². The van der Waals surface area contributed by atoms with E-state index in [4.69, 9.17) is 0 Å². The number of carbonyl (C=O) groups is 2. The third-order valence-corrected chi connectivity index (χ3v) is 6.31. The summed E-state index contributed by atoms with van der Waals surface area (Å²) in [6.07, 6.45) is 5.53. The highest BCUT2D eigenvalue weighted by Gasteiger charge is 2.48. The van der Waals surface area contributed by atoms with Crippen molar-refractivity contribution in [1.82, 2.24) is 15.1 Å². The highest BCUT2D eigenvalue weighted by molar-refractivity contribution is 5.96. The van der Waals surface area contributed by atoms with Gasteiger partial charge in [0.1, 0.15) is 0 Å². The van der Waals surface area contributed by atoms with Gasteiger partial charge in [0.15, 0.2) is 0 Å². The number of piperazine rings is 1. The summed E-state index contributed by atoms with van der Waals surface area (Å²) in [5.41, 5.74) is 0.787. The monoisotopic (exact) mass is 356 g/mol. The first-order valence-corrected chi connectivity index (χ1v) is 9.69. The van der Waals surface area contributed by atoms with Crippen LogP contribution in [-0.2, 0) is 4.79 Å². The van der Waals surface area contributed by atoms with E-state index in [2.05, 4.69) is 10.2 Å². The SMILES string of the molecule is CN1CC(=O)N(c2ccccc2)CC12CCN(C(=O)NC1CCCC1)C2. The summed E-state index contributed by atoms with van der Waals surface area (Å²) in [6.45, 7) is 2.46. The molecule has 6 heteroatoms. The van der Waals surface area contributed by atoms with Crippen LogP contribution in [0.5, 0.6) is 0 Å². The molecule has 3 aliphatic rings. The van der Waals surface area contributed by atoms with Gasteiger partial charge in [0.2, 0.25) is 5.91 Å². The molecule has 2 saturated heterocycles. The lowest BCUT2D eigenvalue weighted by atomic mass is 9.92. The van der Waals surface area contributed by atoms with Crippen LogP contribution in [0.1, 0.15) is 32.1 Å². The molecule has 2 heterocycles. The van der Waals surface area contributed by atoms with Crippen molar-refractivity contribution >= 4 is 17.6 Å². The first kappa shape index (κ1) is 17.3. The van der Waals surface area contributed by atoms with E-state index >= 15 is 0 Å². The number of rotatable bonds is 2. The average molecular weight is 356 g/mol. The molecular weight excluding hydrogens is 328 g/mol. The van der Waals surface area contributed by atoms with E-state index in [-0.39, 0.29) is 17.5 Å². The molecule has 1 aromatic rings. The molecule has 1 atom stereocenters. The Balaban J connectivity index is 1.46. The maximum atomic E-state index is 12.7. The molecule has 1 aliphatic carbocycles. The predicted octanol–water partition coefficient (Wildman–Crippen LogP) is 2.06. The minimum Gasteiger partial charge on any atom is -0.335 e. The Morgan fingerprint density at radius 2 is 1.88 bits per heavy atom. The average Bonchev–Trinajstić information content (AvgIpc) is 3.30. The molecule has 4 rings (SSSR count). The number of anilines is 1. The molecule has 3 amide bonds. The van der Waals surface area contributed by atoms with Crippen LogP contribution in [-0.4, -0.2) is 66.5 Å². The summed E-state index contributed by atoms with van der Waals surface area (Å²) in [5.74, 6) is 0.123. The second-order valence-electron chi connectivity index (χ2n) is 8.00. The first-order valence-electron chi connectivity index (χ1n) is 9.69. The Morgan fingerprint density at radius 1 is 1.15 bits per heavy atom. The number of hydrogen-bond acceptors (Lipinski definition) is 3. The summed E-state index contributed by atoms with van der Waals surface area (Å²) >= 11 is 0. The Labute approximate surface area is 155 Å². The van der Waals surface area contributed by atoms with Crippen molar-refractivity contribution in [3.8, 4) is 0 Å². The second-order valence-corrected chi connectivity index (χ2v) is 8.00.